The molecule has 0 bridgehead atoms. The summed E-state index contributed by atoms with van der Waals surface area (Å²) in [5, 5.41) is 7.91. The van der Waals surface area contributed by atoms with Crippen LogP contribution in [0.2, 0.25) is 10.2 Å². The third kappa shape index (κ3) is 6.37. The van der Waals surface area contributed by atoms with Crippen LogP contribution >= 0.6 is 58.9 Å². The molecule has 2 heterocycles. The second kappa shape index (κ2) is 11.1. The first-order chi connectivity index (χ1) is 11.5. The lowest BCUT2D eigenvalue weighted by atomic mass is 9.99. The van der Waals surface area contributed by atoms with E-state index in [-0.39, 0.29) is 28.7 Å². The molecule has 2 N–H and O–H groups in total. The Morgan fingerprint density at radius 2 is 2.04 bits per heavy atom. The van der Waals surface area contributed by atoms with Gasteiger partial charge >= 0.3 is 0 Å². The maximum Gasteiger partial charge on any atom is 0.191 e. The van der Waals surface area contributed by atoms with E-state index in [1.165, 1.54) is 0 Å². The Morgan fingerprint density at radius 1 is 1.36 bits per heavy atom. The number of hydrogen-bond acceptors (Lipinski definition) is 3. The molecule has 0 atom stereocenters. The van der Waals surface area contributed by atoms with Crippen LogP contribution in [0.3, 0.4) is 0 Å². The first-order valence-electron chi connectivity index (χ1n) is 8.17. The van der Waals surface area contributed by atoms with Gasteiger partial charge in [-0.05, 0) is 24.7 Å². The minimum absolute atomic E-state index is 0. The van der Waals surface area contributed by atoms with Crippen molar-refractivity contribution in [3.63, 3.8) is 0 Å². The fourth-order valence-electron chi connectivity index (χ4n) is 2.82. The van der Waals surface area contributed by atoms with Crippen LogP contribution in [0, 0.1) is 0 Å². The summed E-state index contributed by atoms with van der Waals surface area (Å²) in [7, 11) is 3.68. The summed E-state index contributed by atoms with van der Waals surface area (Å²) < 4.78 is 7.62. The normalized spacial score (nSPS) is 17.1. The summed E-state index contributed by atoms with van der Waals surface area (Å²) in [4.78, 5) is 4.32. The third-order valence-electron chi connectivity index (χ3n) is 4.31. The zero-order valence-corrected chi connectivity index (χ0v) is 19.6. The van der Waals surface area contributed by atoms with Crippen molar-refractivity contribution in [1.82, 2.24) is 15.2 Å². The molecular formula is C16H27Cl2IN4OS. The Kier molecular flexibility index (Phi) is 10.3. The molecular weight excluding hydrogens is 494 g/mol. The van der Waals surface area contributed by atoms with Crippen molar-refractivity contribution in [3.8, 4) is 0 Å². The maximum atomic E-state index is 6.11. The van der Waals surface area contributed by atoms with Gasteiger partial charge < -0.3 is 19.9 Å². The topological polar surface area (TPSA) is 50.6 Å². The lowest BCUT2D eigenvalue weighted by Crippen LogP contribution is -2.48. The Morgan fingerprint density at radius 3 is 2.56 bits per heavy atom. The Balaban J connectivity index is 0.00000312. The van der Waals surface area contributed by atoms with Crippen molar-refractivity contribution >= 4 is 64.9 Å². The molecule has 1 aromatic heterocycles. The summed E-state index contributed by atoms with van der Waals surface area (Å²) in [6, 6.07) is 1.87. The van der Waals surface area contributed by atoms with Gasteiger partial charge in [0.05, 0.1) is 11.6 Å². The highest BCUT2D eigenvalue weighted by atomic mass is 127. The fraction of sp³-hybridized carbons (Fsp3) is 0.688. The molecule has 0 spiro atoms. The fourth-order valence-corrected chi connectivity index (χ4v) is 4.48. The minimum Gasteiger partial charge on any atom is -0.381 e. The van der Waals surface area contributed by atoms with Crippen molar-refractivity contribution in [3.05, 3.63) is 21.9 Å². The van der Waals surface area contributed by atoms with E-state index in [2.05, 4.69) is 22.5 Å². The molecule has 9 heteroatoms. The smallest absolute Gasteiger partial charge is 0.191 e. The zero-order valence-electron chi connectivity index (χ0n) is 14.9. The largest absolute Gasteiger partial charge is 0.381 e. The standard InChI is InChI=1S/C16H26Cl2N4OS.HI/c1-4-24-16(5-7-23-8-6-16)11-21-15(19-2)20-10-12-9-13(17)14(18)22(12)3;/h9H,4-8,10-11H2,1-3H3,(H2,19,20,21);1H. The van der Waals surface area contributed by atoms with Gasteiger partial charge in [-0.2, -0.15) is 11.8 Å². The number of aliphatic imine (C=N–C) groups is 1. The van der Waals surface area contributed by atoms with Crippen LogP contribution in [0.4, 0.5) is 0 Å². The van der Waals surface area contributed by atoms with Gasteiger partial charge in [-0.1, -0.05) is 30.1 Å². The van der Waals surface area contributed by atoms with Gasteiger partial charge in [0.1, 0.15) is 5.15 Å². The van der Waals surface area contributed by atoms with Crippen molar-refractivity contribution in [2.45, 2.75) is 31.1 Å². The van der Waals surface area contributed by atoms with Gasteiger partial charge in [0.15, 0.2) is 5.96 Å². The van der Waals surface area contributed by atoms with Crippen LogP contribution in [-0.2, 0) is 18.3 Å². The number of nitrogens with zero attached hydrogens (tertiary/aromatic N) is 2. The first kappa shape index (κ1) is 23.2. The molecule has 1 fully saturated rings. The van der Waals surface area contributed by atoms with Crippen molar-refractivity contribution < 1.29 is 4.74 Å². The molecule has 2 rings (SSSR count). The van der Waals surface area contributed by atoms with Gasteiger partial charge in [0.25, 0.3) is 0 Å². The highest BCUT2D eigenvalue weighted by Crippen LogP contribution is 2.34. The zero-order chi connectivity index (χ0) is 17.6. The predicted octanol–water partition coefficient (Wildman–Crippen LogP) is 3.92. The van der Waals surface area contributed by atoms with Crippen molar-refractivity contribution in [2.75, 3.05) is 32.6 Å². The molecule has 5 nitrogen and oxygen atoms in total. The van der Waals surface area contributed by atoms with Crippen LogP contribution in [0.1, 0.15) is 25.5 Å². The molecule has 25 heavy (non-hydrogen) atoms. The molecule has 0 radical (unpaired) electrons. The molecule has 0 saturated carbocycles. The molecule has 0 amide bonds. The summed E-state index contributed by atoms with van der Waals surface area (Å²) in [6.07, 6.45) is 2.14. The lowest BCUT2D eigenvalue weighted by Gasteiger charge is -2.37. The number of hydrogen-bond donors (Lipinski definition) is 2. The molecule has 144 valence electrons. The first-order valence-corrected chi connectivity index (χ1v) is 9.91. The monoisotopic (exact) mass is 520 g/mol. The van der Waals surface area contributed by atoms with Crippen LogP contribution in [-0.4, -0.2) is 47.8 Å². The Bertz CT molecular complexity index is 571. The number of rotatable bonds is 6. The number of nitrogens with one attached hydrogen (secondary N) is 2. The summed E-state index contributed by atoms with van der Waals surface area (Å²) >= 11 is 14.2. The number of ether oxygens (including phenoxy) is 1. The summed E-state index contributed by atoms with van der Waals surface area (Å²) in [6.45, 7) is 5.36. The van der Waals surface area contributed by atoms with E-state index in [4.69, 9.17) is 27.9 Å². The molecule has 1 aliphatic heterocycles. The van der Waals surface area contributed by atoms with E-state index >= 15 is 0 Å². The van der Waals surface area contributed by atoms with E-state index in [0.717, 1.165) is 50.0 Å². The number of aromatic nitrogens is 1. The van der Waals surface area contributed by atoms with Gasteiger partial charge in [0, 0.05) is 44.3 Å². The average Bonchev–Trinajstić information content (AvgIpc) is 2.83. The molecule has 0 aromatic carbocycles. The second-order valence-corrected chi connectivity index (χ2v) is 8.34. The number of thioether (sulfide) groups is 1. The van der Waals surface area contributed by atoms with E-state index in [9.17, 15) is 0 Å². The highest BCUT2D eigenvalue weighted by Gasteiger charge is 2.32. The van der Waals surface area contributed by atoms with Gasteiger partial charge in [-0.15, -0.1) is 24.0 Å². The average molecular weight is 521 g/mol. The van der Waals surface area contributed by atoms with Crippen molar-refractivity contribution in [1.29, 1.82) is 0 Å². The van der Waals surface area contributed by atoms with E-state index in [1.54, 1.807) is 7.05 Å². The molecule has 1 aromatic rings. The van der Waals surface area contributed by atoms with E-state index in [1.807, 2.05) is 29.4 Å². The Labute approximate surface area is 181 Å². The molecule has 1 saturated heterocycles. The SMILES string of the molecule is CCSC1(CNC(=NC)NCc2cc(Cl)c(Cl)n2C)CCOCC1.I. The van der Waals surface area contributed by atoms with Crippen LogP contribution in [0.25, 0.3) is 0 Å². The van der Waals surface area contributed by atoms with E-state index in [0.29, 0.717) is 16.7 Å². The minimum atomic E-state index is 0. The number of halogens is 3. The second-order valence-electron chi connectivity index (χ2n) is 5.84. The lowest BCUT2D eigenvalue weighted by molar-refractivity contribution is 0.0782. The number of guanidine groups is 1. The highest BCUT2D eigenvalue weighted by molar-refractivity contribution is 14.0. The van der Waals surface area contributed by atoms with Gasteiger partial charge in [0.2, 0.25) is 0 Å². The third-order valence-corrected chi connectivity index (χ3v) is 6.60. The van der Waals surface area contributed by atoms with Gasteiger partial charge in [-0.25, -0.2) is 0 Å². The predicted molar refractivity (Wildman–Crippen MR) is 120 cm³/mol. The van der Waals surface area contributed by atoms with Crippen LogP contribution in [0.15, 0.2) is 11.1 Å². The molecule has 0 aliphatic carbocycles. The van der Waals surface area contributed by atoms with Gasteiger partial charge in [-0.3, -0.25) is 4.99 Å². The summed E-state index contributed by atoms with van der Waals surface area (Å²) in [5.74, 6) is 1.89. The van der Waals surface area contributed by atoms with Crippen molar-refractivity contribution in [2.24, 2.45) is 12.0 Å². The van der Waals surface area contributed by atoms with Crippen LogP contribution < -0.4 is 10.6 Å². The maximum absolute atomic E-state index is 6.11. The Hall–Kier alpha value is 0.170. The quantitative estimate of drug-likeness (QED) is 0.339. The van der Waals surface area contributed by atoms with E-state index < -0.39 is 0 Å². The summed E-state index contributed by atoms with van der Waals surface area (Å²) in [5.41, 5.74) is 1.01. The molecule has 1 aliphatic rings. The van der Waals surface area contributed by atoms with Crippen LogP contribution in [0.5, 0.6) is 0 Å². The molecule has 0 unspecified atom stereocenters.